The zero-order valence-electron chi connectivity index (χ0n) is 17.6. The van der Waals surface area contributed by atoms with Crippen LogP contribution >= 0.6 is 0 Å². The van der Waals surface area contributed by atoms with Gasteiger partial charge in [-0.25, -0.2) is 22.2 Å². The van der Waals surface area contributed by atoms with E-state index in [-0.39, 0.29) is 5.75 Å². The van der Waals surface area contributed by atoms with Gasteiger partial charge in [-0.1, -0.05) is 30.3 Å². The van der Waals surface area contributed by atoms with Crippen molar-refractivity contribution < 1.29 is 8.42 Å². The lowest BCUT2D eigenvalue weighted by Gasteiger charge is -2.31. The highest BCUT2D eigenvalue weighted by Gasteiger charge is 2.29. The molecule has 0 radical (unpaired) electrons. The molecule has 0 N–H and O–H groups in total. The fourth-order valence-corrected chi connectivity index (χ4v) is 5.75. The zero-order valence-corrected chi connectivity index (χ0v) is 18.4. The van der Waals surface area contributed by atoms with Crippen LogP contribution in [-0.4, -0.2) is 59.4 Å². The minimum absolute atomic E-state index is 0.0732. The van der Waals surface area contributed by atoms with Crippen molar-refractivity contribution >= 4 is 15.7 Å². The second-order valence-electron chi connectivity index (χ2n) is 8.36. The van der Waals surface area contributed by atoms with E-state index in [1.807, 2.05) is 61.2 Å². The number of piperidine rings is 1. The number of rotatable bonds is 7. The molecule has 1 aliphatic rings. The van der Waals surface area contributed by atoms with Crippen LogP contribution < -0.4 is 0 Å². The summed E-state index contributed by atoms with van der Waals surface area (Å²) in [5.41, 5.74) is 4.06. The Kier molecular flexibility index (Phi) is 6.17. The third-order valence-electron chi connectivity index (χ3n) is 5.73. The van der Waals surface area contributed by atoms with Gasteiger partial charge in [0.1, 0.15) is 0 Å². The van der Waals surface area contributed by atoms with Gasteiger partial charge in [0.05, 0.1) is 17.6 Å². The third kappa shape index (κ3) is 4.71. The molecule has 0 spiro atoms. The highest BCUT2D eigenvalue weighted by molar-refractivity contribution is 7.88. The van der Waals surface area contributed by atoms with E-state index in [1.54, 1.807) is 10.5 Å². The van der Waals surface area contributed by atoms with Gasteiger partial charge in [-0.3, -0.25) is 0 Å². The Hall–Kier alpha value is -2.29. The molecule has 160 valence electrons. The number of fused-ring (bicyclic) bond motifs is 1. The second kappa shape index (κ2) is 8.83. The van der Waals surface area contributed by atoms with E-state index in [1.165, 1.54) is 11.3 Å². The maximum absolute atomic E-state index is 12.8. The van der Waals surface area contributed by atoms with Crippen LogP contribution in [0.4, 0.5) is 0 Å². The molecule has 7 nitrogen and oxygen atoms in total. The quantitative estimate of drug-likeness (QED) is 0.580. The molecule has 3 aromatic rings. The Labute approximate surface area is 178 Å². The maximum Gasteiger partial charge on any atom is 0.218 e. The van der Waals surface area contributed by atoms with Gasteiger partial charge >= 0.3 is 0 Å². The smallest absolute Gasteiger partial charge is 0.218 e. The predicted molar refractivity (Wildman–Crippen MR) is 117 cm³/mol. The minimum Gasteiger partial charge on any atom is -0.305 e. The molecule has 0 saturated carbocycles. The molecule has 1 fully saturated rings. The van der Waals surface area contributed by atoms with E-state index in [2.05, 4.69) is 15.0 Å². The minimum atomic E-state index is -3.28. The number of aromatic nitrogens is 3. The summed E-state index contributed by atoms with van der Waals surface area (Å²) >= 11 is 0. The number of hydrogen-bond acceptors (Lipinski definition) is 5. The highest BCUT2D eigenvalue weighted by Crippen LogP contribution is 2.26. The Balaban J connectivity index is 1.44. The normalized spacial score (nSPS) is 16.5. The molecule has 1 aliphatic heterocycles. The fourth-order valence-electron chi connectivity index (χ4n) is 4.19. The van der Waals surface area contributed by atoms with Gasteiger partial charge in [-0.2, -0.15) is 5.10 Å². The van der Waals surface area contributed by atoms with Crippen molar-refractivity contribution in [1.82, 2.24) is 23.8 Å². The molecule has 1 saturated heterocycles. The molecule has 4 rings (SSSR count). The predicted octanol–water partition coefficient (Wildman–Crippen LogP) is 2.58. The van der Waals surface area contributed by atoms with Gasteiger partial charge < -0.3 is 4.90 Å². The van der Waals surface area contributed by atoms with Gasteiger partial charge in [-0.05, 0) is 44.8 Å². The van der Waals surface area contributed by atoms with Crippen LogP contribution in [0.5, 0.6) is 0 Å². The monoisotopic (exact) mass is 427 g/mol. The van der Waals surface area contributed by atoms with Crippen molar-refractivity contribution in [3.63, 3.8) is 0 Å². The van der Waals surface area contributed by atoms with E-state index in [4.69, 9.17) is 0 Å². The fraction of sp³-hybridized carbons (Fsp3) is 0.455. The van der Waals surface area contributed by atoms with Crippen molar-refractivity contribution in [3.05, 3.63) is 65.6 Å². The lowest BCUT2D eigenvalue weighted by Crippen LogP contribution is -2.39. The van der Waals surface area contributed by atoms with Crippen LogP contribution in [0.25, 0.3) is 5.65 Å². The Bertz CT molecular complexity index is 1090. The summed E-state index contributed by atoms with van der Waals surface area (Å²) in [6.07, 6.45) is 6.34. The van der Waals surface area contributed by atoms with Crippen molar-refractivity contribution in [2.75, 3.05) is 27.2 Å². The summed E-state index contributed by atoms with van der Waals surface area (Å²) in [6, 6.07) is 11.3. The van der Waals surface area contributed by atoms with Gasteiger partial charge in [0.15, 0.2) is 5.65 Å². The molecular weight excluding hydrogens is 398 g/mol. The molecule has 0 bridgehead atoms. The standard InChI is InChI=1S/C22H29N5O2S/c1-25(2)16-20-15-23-22-8-11-24-27(22)21(20)14-18-9-12-26(13-10-18)30(28,29)17-19-6-4-3-5-7-19/h3-8,11,15,18H,9-10,12-14,16-17H2,1-2H3. The molecular formula is C22H29N5O2S. The largest absolute Gasteiger partial charge is 0.305 e. The molecule has 3 heterocycles. The Morgan fingerprint density at radius 1 is 1.10 bits per heavy atom. The first-order valence-corrected chi connectivity index (χ1v) is 12.0. The van der Waals surface area contributed by atoms with Gasteiger partial charge in [0.2, 0.25) is 10.0 Å². The van der Waals surface area contributed by atoms with Gasteiger partial charge in [-0.15, -0.1) is 0 Å². The van der Waals surface area contributed by atoms with Crippen LogP contribution in [0.1, 0.15) is 29.7 Å². The second-order valence-corrected chi connectivity index (χ2v) is 10.3. The van der Waals surface area contributed by atoms with Crippen LogP contribution in [0, 0.1) is 5.92 Å². The van der Waals surface area contributed by atoms with E-state index >= 15 is 0 Å². The van der Waals surface area contributed by atoms with E-state index in [0.717, 1.165) is 37.0 Å². The van der Waals surface area contributed by atoms with Crippen LogP contribution in [0.3, 0.4) is 0 Å². The van der Waals surface area contributed by atoms with E-state index in [0.29, 0.717) is 19.0 Å². The van der Waals surface area contributed by atoms with Gasteiger partial charge in [0.25, 0.3) is 0 Å². The first-order valence-electron chi connectivity index (χ1n) is 10.4. The molecule has 0 atom stereocenters. The maximum atomic E-state index is 12.8. The number of nitrogens with zero attached hydrogens (tertiary/aromatic N) is 5. The van der Waals surface area contributed by atoms with Crippen molar-refractivity contribution in [3.8, 4) is 0 Å². The molecule has 30 heavy (non-hydrogen) atoms. The number of sulfonamides is 1. The molecule has 0 amide bonds. The highest BCUT2D eigenvalue weighted by atomic mass is 32.2. The van der Waals surface area contributed by atoms with E-state index in [9.17, 15) is 8.42 Å². The van der Waals surface area contributed by atoms with Crippen molar-refractivity contribution in [2.45, 2.75) is 31.6 Å². The topological polar surface area (TPSA) is 70.8 Å². The average Bonchev–Trinajstić information content (AvgIpc) is 3.19. The summed E-state index contributed by atoms with van der Waals surface area (Å²) < 4.78 is 29.3. The molecule has 8 heteroatoms. The Morgan fingerprint density at radius 3 is 2.53 bits per heavy atom. The van der Waals surface area contributed by atoms with Crippen LogP contribution in [-0.2, 0) is 28.7 Å². The average molecular weight is 428 g/mol. The first kappa shape index (κ1) is 21.0. The van der Waals surface area contributed by atoms with E-state index < -0.39 is 10.0 Å². The lowest BCUT2D eigenvalue weighted by atomic mass is 9.91. The molecule has 2 aromatic heterocycles. The lowest BCUT2D eigenvalue weighted by molar-refractivity contribution is 0.269. The van der Waals surface area contributed by atoms with Gasteiger partial charge in [0, 0.05) is 37.5 Å². The first-order chi connectivity index (χ1) is 14.4. The molecule has 0 unspecified atom stereocenters. The summed E-state index contributed by atoms with van der Waals surface area (Å²) in [7, 11) is 0.814. The van der Waals surface area contributed by atoms with Crippen LogP contribution in [0.15, 0.2) is 48.8 Å². The summed E-state index contributed by atoms with van der Waals surface area (Å²) in [4.78, 5) is 6.65. The number of benzene rings is 1. The summed E-state index contributed by atoms with van der Waals surface area (Å²) in [5, 5.41) is 4.48. The molecule has 1 aromatic carbocycles. The molecule has 0 aliphatic carbocycles. The Morgan fingerprint density at radius 2 is 1.83 bits per heavy atom. The number of hydrogen-bond donors (Lipinski definition) is 0. The zero-order chi connectivity index (χ0) is 21.1. The third-order valence-corrected chi connectivity index (χ3v) is 7.58. The van der Waals surface area contributed by atoms with Crippen molar-refractivity contribution in [1.29, 1.82) is 0 Å². The van der Waals surface area contributed by atoms with Crippen LogP contribution in [0.2, 0.25) is 0 Å². The van der Waals surface area contributed by atoms with Crippen molar-refractivity contribution in [2.24, 2.45) is 5.92 Å². The summed E-state index contributed by atoms with van der Waals surface area (Å²) in [6.45, 7) is 1.97. The SMILES string of the molecule is CN(C)Cc1cnc2ccnn2c1CC1CCN(S(=O)(=O)Cc2ccccc2)CC1. The summed E-state index contributed by atoms with van der Waals surface area (Å²) in [5.74, 6) is 0.507.